The van der Waals surface area contributed by atoms with Gasteiger partial charge in [-0.15, -0.1) is 11.3 Å². The normalized spacial score (nSPS) is 11.1. The minimum atomic E-state index is -0.319. The summed E-state index contributed by atoms with van der Waals surface area (Å²) in [5, 5.41) is 6.99. The summed E-state index contributed by atoms with van der Waals surface area (Å²) in [5.41, 5.74) is 4.93. The van der Waals surface area contributed by atoms with E-state index >= 15 is 0 Å². The molecule has 0 fully saturated rings. The van der Waals surface area contributed by atoms with Crippen LogP contribution >= 0.6 is 22.9 Å². The summed E-state index contributed by atoms with van der Waals surface area (Å²) in [5.74, 6) is -0.319. The van der Waals surface area contributed by atoms with Crippen molar-refractivity contribution in [1.82, 2.24) is 4.98 Å². The summed E-state index contributed by atoms with van der Waals surface area (Å²) in [7, 11) is 0. The molecule has 2 rings (SSSR count). The highest BCUT2D eigenvalue weighted by Crippen LogP contribution is 2.19. The molecule has 0 unspecified atom stereocenters. The highest BCUT2D eigenvalue weighted by atomic mass is 35.5. The van der Waals surface area contributed by atoms with Crippen molar-refractivity contribution in [3.05, 3.63) is 45.2 Å². The summed E-state index contributed by atoms with van der Waals surface area (Å²) < 4.78 is 13.2. The maximum absolute atomic E-state index is 13.2. The third kappa shape index (κ3) is 3.05. The van der Waals surface area contributed by atoms with Gasteiger partial charge in [0.05, 0.1) is 16.9 Å². The molecule has 94 valence electrons. The SMILES string of the molecule is Cc1csc(NN=Cc2cc(C)c(F)cc2Cl)n1. The first kappa shape index (κ1) is 13.0. The second kappa shape index (κ2) is 5.46. The van der Waals surface area contributed by atoms with E-state index < -0.39 is 0 Å². The Morgan fingerprint density at radius 2 is 2.22 bits per heavy atom. The van der Waals surface area contributed by atoms with Crippen molar-refractivity contribution in [3.63, 3.8) is 0 Å². The molecule has 3 nitrogen and oxygen atoms in total. The van der Waals surface area contributed by atoms with Crippen LogP contribution in [0.4, 0.5) is 9.52 Å². The van der Waals surface area contributed by atoms with Crippen molar-refractivity contribution in [2.24, 2.45) is 5.10 Å². The van der Waals surface area contributed by atoms with Gasteiger partial charge in [0.2, 0.25) is 5.13 Å². The first-order valence-corrected chi connectivity index (χ1v) is 6.49. The van der Waals surface area contributed by atoms with Crippen LogP contribution in [0.5, 0.6) is 0 Å². The number of hydrogen-bond donors (Lipinski definition) is 1. The summed E-state index contributed by atoms with van der Waals surface area (Å²) in [6, 6.07) is 2.93. The smallest absolute Gasteiger partial charge is 0.203 e. The molecule has 0 spiro atoms. The lowest BCUT2D eigenvalue weighted by molar-refractivity contribution is 0.618. The monoisotopic (exact) mass is 283 g/mol. The van der Waals surface area contributed by atoms with E-state index in [0.717, 1.165) is 5.69 Å². The Morgan fingerprint density at radius 1 is 1.44 bits per heavy atom. The van der Waals surface area contributed by atoms with Gasteiger partial charge in [0.25, 0.3) is 0 Å². The highest BCUT2D eigenvalue weighted by molar-refractivity contribution is 7.13. The molecule has 2 aromatic rings. The van der Waals surface area contributed by atoms with Gasteiger partial charge in [0.1, 0.15) is 5.82 Å². The second-order valence-corrected chi connectivity index (χ2v) is 5.05. The molecular formula is C12H11ClFN3S. The molecule has 1 aromatic heterocycles. The van der Waals surface area contributed by atoms with Gasteiger partial charge in [-0.3, -0.25) is 5.43 Å². The van der Waals surface area contributed by atoms with Gasteiger partial charge in [-0.2, -0.15) is 5.10 Å². The Kier molecular flexibility index (Phi) is 3.93. The molecule has 0 aliphatic rings. The predicted octanol–water partition coefficient (Wildman–Crippen LogP) is 4.00. The quantitative estimate of drug-likeness (QED) is 0.683. The van der Waals surface area contributed by atoms with E-state index in [4.69, 9.17) is 11.6 Å². The second-order valence-electron chi connectivity index (χ2n) is 3.79. The van der Waals surface area contributed by atoms with E-state index in [9.17, 15) is 4.39 Å². The van der Waals surface area contributed by atoms with Crippen LogP contribution in [0.15, 0.2) is 22.6 Å². The number of rotatable bonds is 3. The van der Waals surface area contributed by atoms with Crippen molar-refractivity contribution in [3.8, 4) is 0 Å². The first-order valence-electron chi connectivity index (χ1n) is 5.23. The fraction of sp³-hybridized carbons (Fsp3) is 0.167. The van der Waals surface area contributed by atoms with Crippen LogP contribution in [0.3, 0.4) is 0 Å². The van der Waals surface area contributed by atoms with Gasteiger partial charge in [-0.05, 0) is 31.5 Å². The van der Waals surface area contributed by atoms with E-state index in [1.165, 1.54) is 17.4 Å². The molecule has 0 bridgehead atoms. The number of hydrogen-bond acceptors (Lipinski definition) is 4. The predicted molar refractivity (Wildman–Crippen MR) is 74.2 cm³/mol. The van der Waals surface area contributed by atoms with Crippen LogP contribution < -0.4 is 5.43 Å². The zero-order valence-corrected chi connectivity index (χ0v) is 11.4. The van der Waals surface area contributed by atoms with Crippen LogP contribution in [0.2, 0.25) is 5.02 Å². The molecular weight excluding hydrogens is 273 g/mol. The number of aromatic nitrogens is 1. The summed E-state index contributed by atoms with van der Waals surface area (Å²) >= 11 is 7.38. The van der Waals surface area contributed by atoms with Gasteiger partial charge in [0, 0.05) is 10.9 Å². The summed E-state index contributed by atoms with van der Waals surface area (Å²) in [6.45, 7) is 3.59. The largest absolute Gasteiger partial charge is 0.253 e. The van der Waals surface area contributed by atoms with E-state index in [1.807, 2.05) is 12.3 Å². The van der Waals surface area contributed by atoms with Crippen molar-refractivity contribution < 1.29 is 4.39 Å². The molecule has 0 aliphatic heterocycles. The zero-order valence-electron chi connectivity index (χ0n) is 9.87. The molecule has 0 radical (unpaired) electrons. The van der Waals surface area contributed by atoms with Gasteiger partial charge >= 0.3 is 0 Å². The Balaban J connectivity index is 2.11. The standard InChI is InChI=1S/C12H11ClFN3S/c1-7-3-9(10(13)4-11(7)14)5-15-17-12-16-8(2)6-18-12/h3-6H,1-2H3,(H,16,17). The number of anilines is 1. The first-order chi connectivity index (χ1) is 8.56. The van der Waals surface area contributed by atoms with Crippen molar-refractivity contribution in [2.45, 2.75) is 13.8 Å². The Hall–Kier alpha value is -1.46. The fourth-order valence-electron chi connectivity index (χ4n) is 1.34. The van der Waals surface area contributed by atoms with Crippen LogP contribution in [0.1, 0.15) is 16.8 Å². The highest BCUT2D eigenvalue weighted by Gasteiger charge is 2.03. The van der Waals surface area contributed by atoms with E-state index in [-0.39, 0.29) is 5.82 Å². The van der Waals surface area contributed by atoms with Crippen LogP contribution in [0.25, 0.3) is 0 Å². The van der Waals surface area contributed by atoms with Crippen molar-refractivity contribution >= 4 is 34.3 Å². The lowest BCUT2D eigenvalue weighted by atomic mass is 10.1. The van der Waals surface area contributed by atoms with Crippen LogP contribution in [0, 0.1) is 19.7 Å². The van der Waals surface area contributed by atoms with E-state index in [1.54, 1.807) is 19.2 Å². The molecule has 6 heteroatoms. The average Bonchev–Trinajstić information content (AvgIpc) is 2.71. The zero-order chi connectivity index (χ0) is 13.1. The molecule has 0 saturated heterocycles. The molecule has 0 atom stereocenters. The van der Waals surface area contributed by atoms with Crippen molar-refractivity contribution in [1.29, 1.82) is 0 Å². The fourth-order valence-corrected chi connectivity index (χ4v) is 2.18. The molecule has 0 amide bonds. The summed E-state index contributed by atoms with van der Waals surface area (Å²) in [4.78, 5) is 4.20. The average molecular weight is 284 g/mol. The van der Waals surface area contributed by atoms with Gasteiger partial charge < -0.3 is 0 Å². The molecule has 0 saturated carbocycles. The maximum Gasteiger partial charge on any atom is 0.203 e. The van der Waals surface area contributed by atoms with Gasteiger partial charge in [0.15, 0.2) is 0 Å². The number of aryl methyl sites for hydroxylation is 2. The number of benzene rings is 1. The number of nitrogens with zero attached hydrogens (tertiary/aromatic N) is 2. The molecule has 1 aromatic carbocycles. The number of nitrogens with one attached hydrogen (secondary N) is 1. The third-order valence-corrected chi connectivity index (χ3v) is 3.45. The van der Waals surface area contributed by atoms with E-state index in [2.05, 4.69) is 15.5 Å². The molecule has 0 aliphatic carbocycles. The van der Waals surface area contributed by atoms with Crippen molar-refractivity contribution in [2.75, 3.05) is 5.43 Å². The number of thiazole rings is 1. The van der Waals surface area contributed by atoms with Gasteiger partial charge in [-0.1, -0.05) is 11.6 Å². The topological polar surface area (TPSA) is 37.3 Å². The lowest BCUT2D eigenvalue weighted by Gasteiger charge is -2.01. The Bertz CT molecular complexity index is 595. The minimum absolute atomic E-state index is 0.319. The lowest BCUT2D eigenvalue weighted by Crippen LogP contribution is -1.93. The molecule has 18 heavy (non-hydrogen) atoms. The Labute approximate surface area is 113 Å². The van der Waals surface area contributed by atoms with Crippen LogP contribution in [-0.4, -0.2) is 11.2 Å². The van der Waals surface area contributed by atoms with Gasteiger partial charge in [-0.25, -0.2) is 9.37 Å². The maximum atomic E-state index is 13.2. The number of halogens is 2. The Morgan fingerprint density at radius 3 is 2.89 bits per heavy atom. The molecule has 1 heterocycles. The summed E-state index contributed by atoms with van der Waals surface area (Å²) in [6.07, 6.45) is 1.55. The third-order valence-electron chi connectivity index (χ3n) is 2.26. The van der Waals surface area contributed by atoms with Crippen LogP contribution in [-0.2, 0) is 0 Å². The van der Waals surface area contributed by atoms with E-state index in [0.29, 0.717) is 21.3 Å². The molecule has 1 N–H and O–H groups in total. The minimum Gasteiger partial charge on any atom is -0.253 e. The number of hydrazone groups is 1.